The Morgan fingerprint density at radius 3 is 0.905 bits per heavy atom. The van der Waals surface area contributed by atoms with E-state index in [-0.39, 0.29) is 46.4 Å². The van der Waals surface area contributed by atoms with E-state index in [1.165, 1.54) is 0 Å². The molecule has 7 rings (SSSR count). The van der Waals surface area contributed by atoms with E-state index < -0.39 is 23.6 Å². The van der Waals surface area contributed by atoms with Crippen LogP contribution in [-0.4, -0.2) is 43.6 Å². The topological polar surface area (TPSA) is 168 Å². The molecule has 0 fully saturated rings. The van der Waals surface area contributed by atoms with Gasteiger partial charge in [0.2, 0.25) is 0 Å². The summed E-state index contributed by atoms with van der Waals surface area (Å²) in [7, 11) is 0. The first-order chi connectivity index (χ1) is 35.3. The zero-order valence-corrected chi connectivity index (χ0v) is 44.1. The van der Waals surface area contributed by atoms with Crippen LogP contribution < -0.4 is 21.3 Å². The van der Waals surface area contributed by atoms with Crippen molar-refractivity contribution < 1.29 is 19.2 Å². The minimum absolute atomic E-state index is 0.0410. The molecule has 12 nitrogen and oxygen atoms in total. The molecule has 74 heavy (non-hydrogen) atoms. The van der Waals surface area contributed by atoms with Gasteiger partial charge in [0.25, 0.3) is 23.6 Å². The largest absolute Gasteiger partial charge is 0.320 e. The van der Waals surface area contributed by atoms with Gasteiger partial charge in [0.15, 0.2) is 0 Å². The highest BCUT2D eigenvalue weighted by molar-refractivity contribution is 6.08. The Balaban J connectivity index is 1.10. The highest BCUT2D eigenvalue weighted by Gasteiger charge is 2.23. The third-order valence-corrected chi connectivity index (χ3v) is 12.5. The summed E-state index contributed by atoms with van der Waals surface area (Å²) < 4.78 is 0. The molecule has 0 atom stereocenters. The molecule has 4 heterocycles. The molecule has 0 unspecified atom stereocenters. The van der Waals surface area contributed by atoms with E-state index in [2.05, 4.69) is 120 Å². The highest BCUT2D eigenvalue weighted by Crippen LogP contribution is 2.36. The van der Waals surface area contributed by atoms with Gasteiger partial charge in [-0.15, -0.1) is 0 Å². The predicted molar refractivity (Wildman–Crippen MR) is 295 cm³/mol. The maximum atomic E-state index is 13.9. The molecule has 0 saturated heterocycles. The van der Waals surface area contributed by atoms with Crippen LogP contribution in [0.3, 0.4) is 0 Å². The van der Waals surface area contributed by atoms with Crippen LogP contribution in [0.5, 0.6) is 0 Å². The van der Waals surface area contributed by atoms with Crippen molar-refractivity contribution in [3.05, 3.63) is 199 Å². The van der Waals surface area contributed by atoms with Crippen molar-refractivity contribution in [3.8, 4) is 23.7 Å². The molecule has 0 saturated carbocycles. The van der Waals surface area contributed by atoms with Crippen LogP contribution in [0, 0.1) is 51.4 Å². The van der Waals surface area contributed by atoms with Crippen molar-refractivity contribution in [1.82, 2.24) is 19.9 Å². The number of carbonyl (C=O) groups is 4. The molecule has 7 aromatic rings. The summed E-state index contributed by atoms with van der Waals surface area (Å²) >= 11 is 0. The predicted octanol–water partition coefficient (Wildman–Crippen LogP) is 12.8. The molecule has 374 valence electrons. The van der Waals surface area contributed by atoms with E-state index in [9.17, 15) is 19.2 Å². The average molecular weight is 983 g/mol. The van der Waals surface area contributed by atoms with Crippen LogP contribution in [-0.2, 0) is 0 Å². The third kappa shape index (κ3) is 12.6. The van der Waals surface area contributed by atoms with Crippen LogP contribution >= 0.6 is 0 Å². The number of anilines is 4. The summed E-state index contributed by atoms with van der Waals surface area (Å²) in [5.41, 5.74) is 13.4. The van der Waals surface area contributed by atoms with Crippen molar-refractivity contribution in [2.75, 3.05) is 21.3 Å². The van der Waals surface area contributed by atoms with Crippen molar-refractivity contribution in [1.29, 1.82) is 0 Å². The first-order valence-electron chi connectivity index (χ1n) is 24.8. The van der Waals surface area contributed by atoms with E-state index in [0.717, 1.165) is 66.8 Å². The van der Waals surface area contributed by atoms with Crippen molar-refractivity contribution in [3.63, 3.8) is 0 Å². The van der Waals surface area contributed by atoms with Gasteiger partial charge >= 0.3 is 0 Å². The average Bonchev–Trinajstić information content (AvgIpc) is 3.37. The standard InChI is InChI=1S/C62H62N8O4/c1-35(2)47-27-45(28-48(36(3)4)57(47)69-61(73)53-20-14-18-51(65-53)59(71)67-55-39(9)31-63-32-40(55)10)24-22-43-16-13-17-44(26-43)23-25-46-29-49(37(5)6)58(50(30-46)38(7)8)70-62(74)54-21-15-19-52(66-54)60(72)68-56-41(11)33-64-34-42(56)12/h13-21,26-38H,1-12H3,(H,69,73)(H,70,74)(H,63,67,71)(H,64,68,72). The molecular weight excluding hydrogens is 921 g/mol. The number of hydrogen-bond acceptors (Lipinski definition) is 8. The zero-order chi connectivity index (χ0) is 53.4. The van der Waals surface area contributed by atoms with Gasteiger partial charge in [0.1, 0.15) is 22.8 Å². The van der Waals surface area contributed by atoms with E-state index in [4.69, 9.17) is 0 Å². The number of nitrogens with one attached hydrogen (secondary N) is 4. The van der Waals surface area contributed by atoms with Crippen LogP contribution in [0.1, 0.15) is 188 Å². The molecule has 0 aliphatic carbocycles. The van der Waals surface area contributed by atoms with E-state index in [1.54, 1.807) is 61.2 Å². The summed E-state index contributed by atoms with van der Waals surface area (Å²) in [4.78, 5) is 71.6. The van der Waals surface area contributed by atoms with Gasteiger partial charge < -0.3 is 21.3 Å². The van der Waals surface area contributed by atoms with E-state index in [0.29, 0.717) is 22.7 Å². The lowest BCUT2D eigenvalue weighted by Gasteiger charge is -2.21. The fourth-order valence-corrected chi connectivity index (χ4v) is 8.48. The number of aryl methyl sites for hydroxylation is 4. The number of rotatable bonds is 12. The number of amides is 4. The SMILES string of the molecule is Cc1cncc(C)c1NC(=O)c1cccc(C(=O)Nc2c(C(C)C)cc(C#Cc3cccc(C#Cc4cc(C(C)C)c(NC(=O)c5cccc(C(=O)Nc6c(C)cncc6C)n5)c(C(C)C)c4)c3)cc2C(C)C)n1. The number of nitrogens with zero attached hydrogens (tertiary/aromatic N) is 4. The van der Waals surface area contributed by atoms with Gasteiger partial charge in [0, 0.05) is 69.8 Å². The Morgan fingerprint density at radius 1 is 0.365 bits per heavy atom. The Morgan fingerprint density at radius 2 is 0.622 bits per heavy atom. The summed E-state index contributed by atoms with van der Waals surface area (Å²) in [6, 6.07) is 25.5. The highest BCUT2D eigenvalue weighted by atomic mass is 16.2. The molecule has 4 amide bonds. The minimum Gasteiger partial charge on any atom is -0.320 e. The molecule has 12 heteroatoms. The Kier molecular flexibility index (Phi) is 16.6. The van der Waals surface area contributed by atoms with Crippen molar-refractivity contribution in [2.24, 2.45) is 0 Å². The summed E-state index contributed by atoms with van der Waals surface area (Å²) in [5, 5.41) is 12.1. The fraction of sp³-hybridized carbons (Fsp3) is 0.258. The molecule has 4 N–H and O–H groups in total. The number of carbonyl (C=O) groups excluding carboxylic acids is 4. The Hall–Kier alpha value is -8.74. The normalized spacial score (nSPS) is 10.9. The lowest BCUT2D eigenvalue weighted by atomic mass is 9.90. The van der Waals surface area contributed by atoms with E-state index >= 15 is 0 Å². The second-order valence-corrected chi connectivity index (χ2v) is 19.7. The van der Waals surface area contributed by atoms with Gasteiger partial charge in [0.05, 0.1) is 0 Å². The zero-order valence-electron chi connectivity index (χ0n) is 44.1. The quantitative estimate of drug-likeness (QED) is 0.0878. The smallest absolute Gasteiger partial charge is 0.274 e. The number of hydrogen-bond donors (Lipinski definition) is 4. The maximum Gasteiger partial charge on any atom is 0.274 e. The van der Waals surface area contributed by atoms with Gasteiger partial charge in [-0.25, -0.2) is 9.97 Å². The summed E-state index contributed by atoms with van der Waals surface area (Å²) in [6.45, 7) is 24.1. The van der Waals surface area contributed by atoms with Gasteiger partial charge in [-0.3, -0.25) is 29.1 Å². The van der Waals surface area contributed by atoms with E-state index in [1.807, 2.05) is 76.2 Å². The first kappa shape index (κ1) is 53.1. The molecule has 4 aromatic heterocycles. The second-order valence-electron chi connectivity index (χ2n) is 19.7. The lowest BCUT2D eigenvalue weighted by molar-refractivity contribution is 0.0998. The number of benzene rings is 3. The first-order valence-corrected chi connectivity index (χ1v) is 24.8. The lowest BCUT2D eigenvalue weighted by Crippen LogP contribution is -2.20. The number of pyridine rings is 4. The van der Waals surface area contributed by atoms with Crippen LogP contribution in [0.25, 0.3) is 0 Å². The van der Waals surface area contributed by atoms with Crippen molar-refractivity contribution >= 4 is 46.4 Å². The van der Waals surface area contributed by atoms with Gasteiger partial charge in [-0.1, -0.05) is 97.3 Å². The number of aromatic nitrogens is 4. The Labute approximate surface area is 434 Å². The van der Waals surface area contributed by atoms with Crippen LogP contribution in [0.4, 0.5) is 22.7 Å². The van der Waals surface area contributed by atoms with Crippen LogP contribution in [0.15, 0.2) is 110 Å². The molecular formula is C62H62N8O4. The van der Waals surface area contributed by atoms with Gasteiger partial charge in [-0.2, -0.15) is 0 Å². The molecule has 3 aromatic carbocycles. The molecule has 0 bridgehead atoms. The maximum absolute atomic E-state index is 13.9. The molecule has 0 radical (unpaired) electrons. The summed E-state index contributed by atoms with van der Waals surface area (Å²) in [6.07, 6.45) is 6.73. The minimum atomic E-state index is -0.425. The second kappa shape index (κ2) is 23.2. The summed E-state index contributed by atoms with van der Waals surface area (Å²) in [5.74, 6) is 11.9. The van der Waals surface area contributed by atoms with Crippen LogP contribution in [0.2, 0.25) is 0 Å². The molecule has 0 spiro atoms. The monoisotopic (exact) mass is 982 g/mol. The molecule has 0 aliphatic heterocycles. The van der Waals surface area contributed by atoms with Gasteiger partial charge in [-0.05, 0) is 163 Å². The Bertz CT molecular complexity index is 3140. The molecule has 0 aliphatic rings. The fourth-order valence-electron chi connectivity index (χ4n) is 8.48. The third-order valence-electron chi connectivity index (χ3n) is 12.5. The van der Waals surface area contributed by atoms with Crippen molar-refractivity contribution in [2.45, 2.75) is 107 Å².